The summed E-state index contributed by atoms with van der Waals surface area (Å²) in [7, 11) is 0. The Kier molecular flexibility index (Phi) is 6.11. The van der Waals surface area contributed by atoms with E-state index in [4.69, 9.17) is 0 Å². The minimum atomic E-state index is -0.173. The molecule has 2 aliphatic rings. The van der Waals surface area contributed by atoms with Crippen LogP contribution in [0, 0.1) is 5.92 Å². The van der Waals surface area contributed by atoms with E-state index < -0.39 is 0 Å². The van der Waals surface area contributed by atoms with E-state index in [0.717, 1.165) is 19.0 Å². The second-order valence-corrected chi connectivity index (χ2v) is 6.94. The lowest BCUT2D eigenvalue weighted by molar-refractivity contribution is 0.119. The van der Waals surface area contributed by atoms with Gasteiger partial charge in [-0.05, 0) is 51.1 Å². The molecule has 2 rings (SSSR count). The number of nitrogens with zero attached hydrogens (tertiary/aromatic N) is 1. The summed E-state index contributed by atoms with van der Waals surface area (Å²) in [6.07, 6.45) is 8.96. The summed E-state index contributed by atoms with van der Waals surface area (Å²) in [6, 6.07) is 1.51. The minimum Gasteiger partial charge on any atom is -0.392 e. The van der Waals surface area contributed by atoms with Crippen molar-refractivity contribution in [2.75, 3.05) is 19.6 Å². The molecule has 0 radical (unpaired) electrons. The molecule has 0 amide bonds. The molecule has 0 aromatic heterocycles. The highest BCUT2D eigenvalue weighted by Gasteiger charge is 2.26. The van der Waals surface area contributed by atoms with Gasteiger partial charge in [0.05, 0.1) is 6.10 Å². The quantitative estimate of drug-likeness (QED) is 0.776. The van der Waals surface area contributed by atoms with Gasteiger partial charge in [0.15, 0.2) is 0 Å². The fourth-order valence-corrected chi connectivity index (χ4v) is 3.67. The number of hydrogen-bond donors (Lipinski definition) is 2. The van der Waals surface area contributed by atoms with Crippen LogP contribution < -0.4 is 5.32 Å². The van der Waals surface area contributed by atoms with Gasteiger partial charge in [0, 0.05) is 18.6 Å². The molecule has 0 aromatic carbocycles. The summed E-state index contributed by atoms with van der Waals surface area (Å²) < 4.78 is 0. The van der Waals surface area contributed by atoms with Gasteiger partial charge in [0.25, 0.3) is 0 Å². The second kappa shape index (κ2) is 7.61. The number of aliphatic hydroxyl groups is 1. The molecule has 1 atom stereocenters. The Morgan fingerprint density at radius 1 is 1.11 bits per heavy atom. The van der Waals surface area contributed by atoms with E-state index in [1.54, 1.807) is 0 Å². The van der Waals surface area contributed by atoms with Crippen LogP contribution in [0.1, 0.15) is 58.8 Å². The molecule has 3 heteroatoms. The predicted octanol–water partition coefficient (Wildman–Crippen LogP) is 2.39. The number of rotatable bonds is 6. The lowest BCUT2D eigenvalue weighted by atomic mass is 10.0. The van der Waals surface area contributed by atoms with Crippen molar-refractivity contribution >= 4 is 0 Å². The van der Waals surface area contributed by atoms with Crippen molar-refractivity contribution in [2.24, 2.45) is 5.92 Å². The second-order valence-electron chi connectivity index (χ2n) is 6.94. The number of nitrogens with one attached hydrogen (secondary N) is 1. The van der Waals surface area contributed by atoms with Crippen LogP contribution in [0.3, 0.4) is 0 Å². The summed E-state index contributed by atoms with van der Waals surface area (Å²) in [6.45, 7) is 7.62. The maximum Gasteiger partial charge on any atom is 0.0667 e. The topological polar surface area (TPSA) is 35.5 Å². The van der Waals surface area contributed by atoms with Crippen molar-refractivity contribution in [1.29, 1.82) is 0 Å². The Balaban J connectivity index is 1.60. The fraction of sp³-hybridized carbons (Fsp3) is 1.00. The van der Waals surface area contributed by atoms with Crippen molar-refractivity contribution in [3.05, 3.63) is 0 Å². The molecule has 2 fully saturated rings. The van der Waals surface area contributed by atoms with Gasteiger partial charge in [0.1, 0.15) is 0 Å². The van der Waals surface area contributed by atoms with Crippen LogP contribution in [0.5, 0.6) is 0 Å². The zero-order chi connectivity index (χ0) is 13.7. The largest absolute Gasteiger partial charge is 0.392 e. The standard InChI is InChI=1S/C16H32N2O/c1-13(2)11-16(19)12-17-14-7-9-18(10-8-14)15-5-3-4-6-15/h13-17,19H,3-12H2,1-2H3. The summed E-state index contributed by atoms with van der Waals surface area (Å²) >= 11 is 0. The molecule has 1 unspecified atom stereocenters. The molecule has 1 saturated heterocycles. The summed E-state index contributed by atoms with van der Waals surface area (Å²) in [5, 5.41) is 13.5. The first-order valence-electron chi connectivity index (χ1n) is 8.30. The molecule has 1 aliphatic carbocycles. The zero-order valence-electron chi connectivity index (χ0n) is 12.8. The van der Waals surface area contributed by atoms with Crippen molar-refractivity contribution in [1.82, 2.24) is 10.2 Å². The normalized spacial score (nSPS) is 25.3. The van der Waals surface area contributed by atoms with E-state index in [9.17, 15) is 5.11 Å². The molecule has 112 valence electrons. The molecule has 1 saturated carbocycles. The number of hydrogen-bond acceptors (Lipinski definition) is 3. The fourth-order valence-electron chi connectivity index (χ4n) is 3.67. The highest BCUT2D eigenvalue weighted by molar-refractivity contribution is 4.84. The van der Waals surface area contributed by atoms with Crippen molar-refractivity contribution in [3.63, 3.8) is 0 Å². The maximum absolute atomic E-state index is 9.90. The van der Waals surface area contributed by atoms with Crippen LogP contribution in [0.2, 0.25) is 0 Å². The Bertz CT molecular complexity index is 243. The lowest BCUT2D eigenvalue weighted by Crippen LogP contribution is -2.47. The summed E-state index contributed by atoms with van der Waals surface area (Å²) in [4.78, 5) is 2.70. The molecule has 1 heterocycles. The van der Waals surface area contributed by atoms with Crippen LogP contribution in [0.4, 0.5) is 0 Å². The van der Waals surface area contributed by atoms with Crippen LogP contribution in [0.25, 0.3) is 0 Å². The number of aliphatic hydroxyl groups excluding tert-OH is 1. The van der Waals surface area contributed by atoms with Crippen molar-refractivity contribution in [3.8, 4) is 0 Å². The van der Waals surface area contributed by atoms with Gasteiger partial charge in [-0.2, -0.15) is 0 Å². The summed E-state index contributed by atoms with van der Waals surface area (Å²) in [5.41, 5.74) is 0. The Labute approximate surface area is 118 Å². The third-order valence-corrected chi connectivity index (χ3v) is 4.76. The van der Waals surface area contributed by atoms with E-state index in [1.807, 2.05) is 0 Å². The third kappa shape index (κ3) is 5.05. The highest BCUT2D eigenvalue weighted by Crippen LogP contribution is 2.26. The third-order valence-electron chi connectivity index (χ3n) is 4.76. The predicted molar refractivity (Wildman–Crippen MR) is 80.3 cm³/mol. The first kappa shape index (κ1) is 15.3. The van der Waals surface area contributed by atoms with E-state index in [0.29, 0.717) is 12.0 Å². The molecule has 0 aromatic rings. The minimum absolute atomic E-state index is 0.173. The molecular formula is C16H32N2O. The number of piperidine rings is 1. The van der Waals surface area contributed by atoms with Gasteiger partial charge in [-0.3, -0.25) is 0 Å². The van der Waals surface area contributed by atoms with Crippen LogP contribution >= 0.6 is 0 Å². The highest BCUT2D eigenvalue weighted by atomic mass is 16.3. The number of likely N-dealkylation sites (tertiary alicyclic amines) is 1. The average molecular weight is 268 g/mol. The Morgan fingerprint density at radius 2 is 1.74 bits per heavy atom. The van der Waals surface area contributed by atoms with Gasteiger partial charge in [-0.15, -0.1) is 0 Å². The van der Waals surface area contributed by atoms with Gasteiger partial charge < -0.3 is 15.3 Å². The molecule has 2 N–H and O–H groups in total. The SMILES string of the molecule is CC(C)CC(O)CNC1CCN(C2CCCC2)CC1. The van der Waals surface area contributed by atoms with Crippen LogP contribution in [0.15, 0.2) is 0 Å². The molecule has 19 heavy (non-hydrogen) atoms. The van der Waals surface area contributed by atoms with E-state index in [2.05, 4.69) is 24.1 Å². The molecule has 0 bridgehead atoms. The van der Waals surface area contributed by atoms with E-state index in [-0.39, 0.29) is 6.10 Å². The van der Waals surface area contributed by atoms with Gasteiger partial charge in [-0.1, -0.05) is 26.7 Å². The van der Waals surface area contributed by atoms with Crippen LogP contribution in [-0.2, 0) is 0 Å². The summed E-state index contributed by atoms with van der Waals surface area (Å²) in [5.74, 6) is 0.584. The smallest absolute Gasteiger partial charge is 0.0667 e. The van der Waals surface area contributed by atoms with Crippen molar-refractivity contribution in [2.45, 2.75) is 77.0 Å². The van der Waals surface area contributed by atoms with Gasteiger partial charge >= 0.3 is 0 Å². The molecule has 3 nitrogen and oxygen atoms in total. The van der Waals surface area contributed by atoms with E-state index >= 15 is 0 Å². The first-order chi connectivity index (χ1) is 9.15. The maximum atomic E-state index is 9.90. The van der Waals surface area contributed by atoms with Crippen molar-refractivity contribution < 1.29 is 5.11 Å². The van der Waals surface area contributed by atoms with Gasteiger partial charge in [0.2, 0.25) is 0 Å². The average Bonchev–Trinajstić information content (AvgIpc) is 2.90. The van der Waals surface area contributed by atoms with Crippen LogP contribution in [-0.4, -0.2) is 47.8 Å². The molecular weight excluding hydrogens is 236 g/mol. The Morgan fingerprint density at radius 3 is 2.32 bits per heavy atom. The first-order valence-corrected chi connectivity index (χ1v) is 8.30. The molecule has 1 aliphatic heterocycles. The van der Waals surface area contributed by atoms with Gasteiger partial charge in [-0.25, -0.2) is 0 Å². The van der Waals surface area contributed by atoms with E-state index in [1.165, 1.54) is 51.6 Å². The zero-order valence-corrected chi connectivity index (χ0v) is 12.8. The molecule has 0 spiro atoms. The Hall–Kier alpha value is -0.120. The monoisotopic (exact) mass is 268 g/mol. The lowest BCUT2D eigenvalue weighted by Gasteiger charge is -2.36.